The van der Waals surface area contributed by atoms with Gasteiger partial charge in [0.2, 0.25) is 6.79 Å². The maximum atomic E-state index is 5.53. The fourth-order valence-electron chi connectivity index (χ4n) is 4.86. The molecule has 6 rings (SSSR count). The van der Waals surface area contributed by atoms with Crippen molar-refractivity contribution < 1.29 is 9.47 Å². The van der Waals surface area contributed by atoms with Gasteiger partial charge >= 0.3 is 0 Å². The first-order chi connectivity index (χ1) is 13.3. The number of imidazole rings is 1. The highest BCUT2D eigenvalue weighted by molar-refractivity contribution is 7.13. The van der Waals surface area contributed by atoms with E-state index >= 15 is 0 Å². The van der Waals surface area contributed by atoms with Crippen molar-refractivity contribution in [2.75, 3.05) is 19.9 Å². The lowest BCUT2D eigenvalue weighted by atomic mass is 9.85. The molecule has 27 heavy (non-hydrogen) atoms. The first kappa shape index (κ1) is 15.7. The number of likely N-dealkylation sites (tertiary alicyclic amines) is 1. The number of hydrogen-bond acceptors (Lipinski definition) is 5. The summed E-state index contributed by atoms with van der Waals surface area (Å²) in [5, 5.41) is 2.14. The van der Waals surface area contributed by atoms with Gasteiger partial charge in [0.1, 0.15) is 5.82 Å². The maximum Gasteiger partial charge on any atom is 0.231 e. The van der Waals surface area contributed by atoms with Crippen LogP contribution in [0.25, 0.3) is 10.6 Å². The summed E-state index contributed by atoms with van der Waals surface area (Å²) in [6.07, 6.45) is 4.47. The highest BCUT2D eigenvalue weighted by Gasteiger charge is 2.46. The van der Waals surface area contributed by atoms with Gasteiger partial charge in [-0.15, -0.1) is 11.3 Å². The zero-order valence-corrected chi connectivity index (χ0v) is 15.9. The molecule has 1 fully saturated rings. The van der Waals surface area contributed by atoms with Gasteiger partial charge in [0, 0.05) is 25.0 Å². The van der Waals surface area contributed by atoms with E-state index in [2.05, 4.69) is 45.3 Å². The number of nitrogens with zero attached hydrogens (tertiary/aromatic N) is 3. The molecule has 0 amide bonds. The van der Waals surface area contributed by atoms with Crippen LogP contribution in [0.2, 0.25) is 0 Å². The molecule has 0 N–H and O–H groups in total. The average molecular weight is 379 g/mol. The molecular weight excluding hydrogens is 358 g/mol. The minimum absolute atomic E-state index is 0.214. The standard InChI is InChI=1S/C21H21N3O2S/c1-2-19(27-9-1)16-11-22-20-21(6-8-24(16)20)5-7-23(13-21)12-15-3-4-17-18(10-15)26-14-25-17/h1-4,9-11H,5-8,12-14H2. The predicted octanol–water partition coefficient (Wildman–Crippen LogP) is 3.89. The number of ether oxygens (including phenoxy) is 2. The normalized spacial score (nSPS) is 23.4. The molecule has 1 atom stereocenters. The first-order valence-electron chi connectivity index (χ1n) is 9.52. The van der Waals surface area contributed by atoms with Gasteiger partial charge in [0.15, 0.2) is 11.5 Å². The monoisotopic (exact) mass is 379 g/mol. The minimum atomic E-state index is 0.214. The third-order valence-corrected chi connectivity index (χ3v) is 7.09. The number of aromatic nitrogens is 2. The van der Waals surface area contributed by atoms with Crippen molar-refractivity contribution in [1.82, 2.24) is 14.5 Å². The fraction of sp³-hybridized carbons (Fsp3) is 0.381. The Morgan fingerprint density at radius 2 is 2.04 bits per heavy atom. The molecule has 0 radical (unpaired) electrons. The van der Waals surface area contributed by atoms with Crippen LogP contribution in [0.1, 0.15) is 24.2 Å². The quantitative estimate of drug-likeness (QED) is 0.692. The Labute approximate surface area is 162 Å². The molecule has 5 heterocycles. The van der Waals surface area contributed by atoms with E-state index in [1.807, 2.05) is 6.07 Å². The van der Waals surface area contributed by atoms with Gasteiger partial charge in [-0.1, -0.05) is 12.1 Å². The summed E-state index contributed by atoms with van der Waals surface area (Å²) in [6, 6.07) is 10.6. The van der Waals surface area contributed by atoms with Crippen LogP contribution in [0.5, 0.6) is 11.5 Å². The summed E-state index contributed by atoms with van der Waals surface area (Å²) in [6.45, 7) is 4.58. The lowest BCUT2D eigenvalue weighted by molar-refractivity contribution is 0.174. The zero-order valence-electron chi connectivity index (χ0n) is 15.1. The van der Waals surface area contributed by atoms with Crippen molar-refractivity contribution in [1.29, 1.82) is 0 Å². The summed E-state index contributed by atoms with van der Waals surface area (Å²) in [5.74, 6) is 3.02. The van der Waals surface area contributed by atoms with E-state index in [-0.39, 0.29) is 5.41 Å². The summed E-state index contributed by atoms with van der Waals surface area (Å²) in [5.41, 5.74) is 2.79. The van der Waals surface area contributed by atoms with Crippen molar-refractivity contribution >= 4 is 11.3 Å². The van der Waals surface area contributed by atoms with Crippen LogP contribution in [0, 0.1) is 0 Å². The van der Waals surface area contributed by atoms with Crippen LogP contribution in [0.15, 0.2) is 41.9 Å². The first-order valence-corrected chi connectivity index (χ1v) is 10.4. The van der Waals surface area contributed by atoms with Crippen molar-refractivity contribution in [3.63, 3.8) is 0 Å². The van der Waals surface area contributed by atoms with Crippen molar-refractivity contribution in [3.05, 3.63) is 53.3 Å². The molecule has 0 saturated carbocycles. The second-order valence-corrected chi connectivity index (χ2v) is 8.72. The molecular formula is C21H21N3O2S. The molecule has 0 aliphatic carbocycles. The maximum absolute atomic E-state index is 5.53. The van der Waals surface area contributed by atoms with Gasteiger partial charge in [-0.25, -0.2) is 4.98 Å². The van der Waals surface area contributed by atoms with Crippen LogP contribution in [0.4, 0.5) is 0 Å². The van der Waals surface area contributed by atoms with Gasteiger partial charge in [-0.3, -0.25) is 4.90 Å². The fourth-order valence-corrected chi connectivity index (χ4v) is 5.61. The lowest BCUT2D eigenvalue weighted by Gasteiger charge is -2.22. The largest absolute Gasteiger partial charge is 0.454 e. The van der Waals surface area contributed by atoms with E-state index < -0.39 is 0 Å². The van der Waals surface area contributed by atoms with Crippen LogP contribution in [-0.4, -0.2) is 34.3 Å². The molecule has 0 bridgehead atoms. The van der Waals surface area contributed by atoms with E-state index in [1.54, 1.807) is 11.3 Å². The minimum Gasteiger partial charge on any atom is -0.454 e. The molecule has 5 nitrogen and oxygen atoms in total. The third-order valence-electron chi connectivity index (χ3n) is 6.19. The molecule has 138 valence electrons. The zero-order chi connectivity index (χ0) is 17.8. The SMILES string of the molecule is c1csc(-c2cnc3n2CCC32CCN(Cc3ccc4c(c3)OCO4)C2)c1. The molecule has 3 aliphatic rings. The lowest BCUT2D eigenvalue weighted by Crippen LogP contribution is -2.29. The molecule has 1 aromatic carbocycles. The Morgan fingerprint density at radius 3 is 2.96 bits per heavy atom. The Kier molecular flexibility index (Phi) is 3.40. The second-order valence-electron chi connectivity index (χ2n) is 7.77. The van der Waals surface area contributed by atoms with Crippen LogP contribution < -0.4 is 9.47 Å². The summed E-state index contributed by atoms with van der Waals surface area (Å²) in [7, 11) is 0. The Balaban J connectivity index is 1.23. The average Bonchev–Trinajstić information content (AvgIpc) is 3.47. The molecule has 1 spiro atoms. The van der Waals surface area contributed by atoms with E-state index in [0.29, 0.717) is 6.79 Å². The summed E-state index contributed by atoms with van der Waals surface area (Å²) in [4.78, 5) is 8.77. The van der Waals surface area contributed by atoms with E-state index in [4.69, 9.17) is 14.5 Å². The second kappa shape index (κ2) is 5.84. The number of thiophene rings is 1. The van der Waals surface area contributed by atoms with E-state index in [1.165, 1.54) is 34.8 Å². The van der Waals surface area contributed by atoms with Gasteiger partial charge in [-0.05, 0) is 48.5 Å². The highest BCUT2D eigenvalue weighted by atomic mass is 32.1. The molecule has 2 aromatic heterocycles. The van der Waals surface area contributed by atoms with E-state index in [9.17, 15) is 0 Å². The Bertz CT molecular complexity index is 997. The van der Waals surface area contributed by atoms with Crippen molar-refractivity contribution in [2.24, 2.45) is 0 Å². The van der Waals surface area contributed by atoms with Crippen molar-refractivity contribution in [2.45, 2.75) is 31.3 Å². The summed E-state index contributed by atoms with van der Waals surface area (Å²) >= 11 is 1.80. The number of hydrogen-bond donors (Lipinski definition) is 0. The van der Waals surface area contributed by atoms with Gasteiger partial charge in [-0.2, -0.15) is 0 Å². The molecule has 1 saturated heterocycles. The third kappa shape index (κ3) is 2.43. The molecule has 3 aliphatic heterocycles. The van der Waals surface area contributed by atoms with Crippen LogP contribution >= 0.6 is 11.3 Å². The van der Waals surface area contributed by atoms with Crippen LogP contribution in [0.3, 0.4) is 0 Å². The van der Waals surface area contributed by atoms with Crippen LogP contribution in [-0.2, 0) is 18.5 Å². The van der Waals surface area contributed by atoms with Crippen molar-refractivity contribution in [3.8, 4) is 22.1 Å². The number of fused-ring (bicyclic) bond motifs is 3. The van der Waals surface area contributed by atoms with Gasteiger partial charge < -0.3 is 14.0 Å². The molecule has 1 unspecified atom stereocenters. The smallest absolute Gasteiger partial charge is 0.231 e. The summed E-state index contributed by atoms with van der Waals surface area (Å²) < 4.78 is 13.4. The molecule has 6 heteroatoms. The molecule has 3 aromatic rings. The Hall–Kier alpha value is -2.31. The van der Waals surface area contributed by atoms with Gasteiger partial charge in [0.25, 0.3) is 0 Å². The predicted molar refractivity (Wildman–Crippen MR) is 104 cm³/mol. The van der Waals surface area contributed by atoms with E-state index in [0.717, 1.165) is 37.7 Å². The number of rotatable bonds is 3. The van der Waals surface area contributed by atoms with Gasteiger partial charge in [0.05, 0.1) is 16.8 Å². The highest BCUT2D eigenvalue weighted by Crippen LogP contribution is 2.45. The Morgan fingerprint density at radius 1 is 1.11 bits per heavy atom. The topological polar surface area (TPSA) is 39.5 Å². The number of benzene rings is 1.